The van der Waals surface area contributed by atoms with E-state index in [1.165, 1.54) is 0 Å². The van der Waals surface area contributed by atoms with Gasteiger partial charge < -0.3 is 19.5 Å². The number of ether oxygens (including phenoxy) is 3. The highest BCUT2D eigenvalue weighted by Crippen LogP contribution is 2.26. The van der Waals surface area contributed by atoms with Crippen molar-refractivity contribution < 1.29 is 23.8 Å². The molecule has 7 heteroatoms. The molecule has 1 N–H and O–H groups in total. The zero-order valence-electron chi connectivity index (χ0n) is 16.0. The lowest BCUT2D eigenvalue weighted by atomic mass is 10.1. The molecule has 0 unspecified atom stereocenters. The monoisotopic (exact) mass is 384 g/mol. The van der Waals surface area contributed by atoms with Crippen LogP contribution >= 0.6 is 0 Å². The minimum absolute atomic E-state index is 0.00515. The Morgan fingerprint density at radius 1 is 1.14 bits per heavy atom. The third kappa shape index (κ3) is 5.01. The van der Waals surface area contributed by atoms with Crippen LogP contribution in [0.25, 0.3) is 0 Å². The summed E-state index contributed by atoms with van der Waals surface area (Å²) in [4.78, 5) is 26.9. The summed E-state index contributed by atoms with van der Waals surface area (Å²) in [5.41, 5.74) is 1.63. The standard InChI is InChI=1S/C21H24N2O5/c1-26-17-10-16(11-18(12-17)27-2)22-20(24)13-19-21(25)28-9-8-23(19)14-15-6-4-3-5-7-15/h3-7,10-12,19H,8-9,13-14H2,1-2H3,(H,22,24)/t19-/m1/s1. The van der Waals surface area contributed by atoms with Gasteiger partial charge in [-0.05, 0) is 5.56 Å². The molecular formula is C21H24N2O5. The molecule has 7 nitrogen and oxygen atoms in total. The van der Waals surface area contributed by atoms with E-state index in [0.29, 0.717) is 36.9 Å². The third-order valence-electron chi connectivity index (χ3n) is 4.58. The van der Waals surface area contributed by atoms with Gasteiger partial charge in [-0.25, -0.2) is 0 Å². The van der Waals surface area contributed by atoms with E-state index in [9.17, 15) is 9.59 Å². The molecule has 148 valence electrons. The molecule has 1 fully saturated rings. The number of hydrogen-bond donors (Lipinski definition) is 1. The van der Waals surface area contributed by atoms with Crippen molar-refractivity contribution in [1.82, 2.24) is 4.90 Å². The molecule has 2 aromatic rings. The Labute approximate surface area is 164 Å². The number of amides is 1. The second-order valence-corrected chi connectivity index (χ2v) is 6.49. The molecule has 0 radical (unpaired) electrons. The number of hydrogen-bond acceptors (Lipinski definition) is 6. The summed E-state index contributed by atoms with van der Waals surface area (Å²) < 4.78 is 15.6. The first-order chi connectivity index (χ1) is 13.6. The lowest BCUT2D eigenvalue weighted by Crippen LogP contribution is -2.49. The number of cyclic esters (lactones) is 1. The molecule has 1 aliphatic heterocycles. The molecule has 0 saturated carbocycles. The van der Waals surface area contributed by atoms with Crippen molar-refractivity contribution >= 4 is 17.6 Å². The molecule has 28 heavy (non-hydrogen) atoms. The van der Waals surface area contributed by atoms with Gasteiger partial charge in [0.25, 0.3) is 0 Å². The predicted octanol–water partition coefficient (Wildman–Crippen LogP) is 2.46. The van der Waals surface area contributed by atoms with E-state index in [2.05, 4.69) is 5.32 Å². The number of nitrogens with one attached hydrogen (secondary N) is 1. The van der Waals surface area contributed by atoms with E-state index in [1.807, 2.05) is 35.2 Å². The first kappa shape index (κ1) is 19.7. The number of benzene rings is 2. The fourth-order valence-corrected chi connectivity index (χ4v) is 3.15. The molecule has 0 aliphatic carbocycles. The maximum absolute atomic E-state index is 12.6. The number of esters is 1. The van der Waals surface area contributed by atoms with Crippen LogP contribution in [-0.2, 0) is 20.9 Å². The molecule has 1 atom stereocenters. The second kappa shape index (κ2) is 9.23. The van der Waals surface area contributed by atoms with Gasteiger partial charge in [0.15, 0.2) is 0 Å². The van der Waals surface area contributed by atoms with Gasteiger partial charge in [0.2, 0.25) is 5.91 Å². The van der Waals surface area contributed by atoms with Crippen LogP contribution in [0.15, 0.2) is 48.5 Å². The molecule has 0 bridgehead atoms. The van der Waals surface area contributed by atoms with Crippen LogP contribution in [0.4, 0.5) is 5.69 Å². The summed E-state index contributed by atoms with van der Waals surface area (Å²) in [7, 11) is 3.08. The molecule has 1 heterocycles. The minimum Gasteiger partial charge on any atom is -0.497 e. The van der Waals surface area contributed by atoms with Gasteiger partial charge >= 0.3 is 5.97 Å². The first-order valence-corrected chi connectivity index (χ1v) is 9.06. The van der Waals surface area contributed by atoms with Gasteiger partial charge in [-0.3, -0.25) is 14.5 Å². The quantitative estimate of drug-likeness (QED) is 0.739. The Balaban J connectivity index is 1.69. The Bertz CT molecular complexity index is 803. The highest BCUT2D eigenvalue weighted by atomic mass is 16.5. The fourth-order valence-electron chi connectivity index (χ4n) is 3.15. The van der Waals surface area contributed by atoms with Crippen LogP contribution in [0.2, 0.25) is 0 Å². The van der Waals surface area contributed by atoms with Gasteiger partial charge in [0, 0.05) is 37.0 Å². The number of morpholine rings is 1. The van der Waals surface area contributed by atoms with Crippen LogP contribution in [-0.4, -0.2) is 50.2 Å². The SMILES string of the molecule is COc1cc(NC(=O)C[C@@H]2C(=O)OCCN2Cc2ccccc2)cc(OC)c1. The maximum atomic E-state index is 12.6. The third-order valence-corrected chi connectivity index (χ3v) is 4.58. The predicted molar refractivity (Wildman–Crippen MR) is 104 cm³/mol. The first-order valence-electron chi connectivity index (χ1n) is 9.06. The highest BCUT2D eigenvalue weighted by molar-refractivity contribution is 5.94. The molecule has 0 aromatic heterocycles. The van der Waals surface area contributed by atoms with Crippen molar-refractivity contribution in [3.63, 3.8) is 0 Å². The van der Waals surface area contributed by atoms with Crippen molar-refractivity contribution in [3.05, 3.63) is 54.1 Å². The van der Waals surface area contributed by atoms with Crippen LogP contribution < -0.4 is 14.8 Å². The topological polar surface area (TPSA) is 77.1 Å². The number of nitrogens with zero attached hydrogens (tertiary/aromatic N) is 1. The van der Waals surface area contributed by atoms with E-state index in [1.54, 1.807) is 32.4 Å². The van der Waals surface area contributed by atoms with Crippen LogP contribution in [0.5, 0.6) is 11.5 Å². The van der Waals surface area contributed by atoms with Crippen molar-refractivity contribution in [3.8, 4) is 11.5 Å². The summed E-state index contributed by atoms with van der Waals surface area (Å²) in [5, 5.41) is 2.81. The number of anilines is 1. The average Bonchev–Trinajstić information content (AvgIpc) is 2.71. The van der Waals surface area contributed by atoms with Crippen LogP contribution in [0, 0.1) is 0 Å². The summed E-state index contributed by atoms with van der Waals surface area (Å²) in [6, 6.07) is 14.3. The normalized spacial score (nSPS) is 16.9. The van der Waals surface area contributed by atoms with E-state index < -0.39 is 6.04 Å². The smallest absolute Gasteiger partial charge is 0.323 e. The average molecular weight is 384 g/mol. The van der Waals surface area contributed by atoms with Crippen molar-refractivity contribution in [2.75, 3.05) is 32.7 Å². The van der Waals surface area contributed by atoms with Crippen molar-refractivity contribution in [2.45, 2.75) is 19.0 Å². The van der Waals surface area contributed by atoms with Crippen molar-refractivity contribution in [1.29, 1.82) is 0 Å². The largest absolute Gasteiger partial charge is 0.497 e. The lowest BCUT2D eigenvalue weighted by Gasteiger charge is -2.33. The van der Waals surface area contributed by atoms with Crippen molar-refractivity contribution in [2.24, 2.45) is 0 Å². The summed E-state index contributed by atoms with van der Waals surface area (Å²) in [5.74, 6) is 0.479. The Morgan fingerprint density at radius 3 is 2.46 bits per heavy atom. The Kier molecular flexibility index (Phi) is 6.49. The molecule has 1 aliphatic rings. The van der Waals surface area contributed by atoms with E-state index in [4.69, 9.17) is 14.2 Å². The molecule has 3 rings (SSSR count). The number of rotatable bonds is 7. The summed E-state index contributed by atoms with van der Waals surface area (Å²) >= 11 is 0. The zero-order valence-corrected chi connectivity index (χ0v) is 16.0. The highest BCUT2D eigenvalue weighted by Gasteiger charge is 2.33. The molecule has 2 aromatic carbocycles. The Morgan fingerprint density at radius 2 is 1.82 bits per heavy atom. The zero-order chi connectivity index (χ0) is 19.9. The molecule has 1 saturated heterocycles. The Hall–Kier alpha value is -3.06. The summed E-state index contributed by atoms with van der Waals surface area (Å²) in [6.07, 6.45) is 0.00515. The van der Waals surface area contributed by atoms with Gasteiger partial charge in [-0.2, -0.15) is 0 Å². The molecule has 1 amide bonds. The molecular weight excluding hydrogens is 360 g/mol. The minimum atomic E-state index is -0.624. The number of carbonyl (C=O) groups excluding carboxylic acids is 2. The maximum Gasteiger partial charge on any atom is 0.323 e. The lowest BCUT2D eigenvalue weighted by molar-refractivity contribution is -0.159. The number of methoxy groups -OCH3 is 2. The van der Waals surface area contributed by atoms with Gasteiger partial charge in [0.05, 0.1) is 20.6 Å². The van der Waals surface area contributed by atoms with E-state index >= 15 is 0 Å². The summed E-state index contributed by atoms with van der Waals surface area (Å²) in [6.45, 7) is 1.50. The fraction of sp³-hybridized carbons (Fsp3) is 0.333. The van der Waals surface area contributed by atoms with E-state index in [-0.39, 0.29) is 18.3 Å². The van der Waals surface area contributed by atoms with Gasteiger partial charge in [0.1, 0.15) is 24.1 Å². The van der Waals surface area contributed by atoms with Gasteiger partial charge in [-0.15, -0.1) is 0 Å². The second-order valence-electron chi connectivity index (χ2n) is 6.49. The van der Waals surface area contributed by atoms with E-state index in [0.717, 1.165) is 5.56 Å². The van der Waals surface area contributed by atoms with Crippen LogP contribution in [0.3, 0.4) is 0 Å². The van der Waals surface area contributed by atoms with Gasteiger partial charge in [-0.1, -0.05) is 30.3 Å². The van der Waals surface area contributed by atoms with Crippen LogP contribution in [0.1, 0.15) is 12.0 Å². The molecule has 0 spiro atoms. The number of carbonyl (C=O) groups is 2.